The highest BCUT2D eigenvalue weighted by atomic mass is 16.5. The van der Waals surface area contributed by atoms with E-state index in [2.05, 4.69) is 22.8 Å². The molecule has 0 radical (unpaired) electrons. The number of carbonyl (C=O) groups excluding carboxylic acids is 3. The molecule has 0 bridgehead atoms. The average molecular weight is 482 g/mol. The number of hydrazine groups is 1. The lowest BCUT2D eigenvalue weighted by atomic mass is 10.1. The molecule has 0 atom stereocenters. The van der Waals surface area contributed by atoms with E-state index in [0.29, 0.717) is 43.2 Å². The molecule has 1 heterocycles. The van der Waals surface area contributed by atoms with Gasteiger partial charge in [-0.25, -0.2) is 5.01 Å². The number of likely N-dealkylation sites (N-methyl/N-ethyl adjacent to an activating group) is 2. The second-order valence-electron chi connectivity index (χ2n) is 8.51. The molecule has 0 aromatic heterocycles. The van der Waals surface area contributed by atoms with Crippen molar-refractivity contribution in [3.05, 3.63) is 59.2 Å². The minimum Gasteiger partial charge on any atom is -0.495 e. The van der Waals surface area contributed by atoms with Crippen molar-refractivity contribution >= 4 is 23.3 Å². The highest BCUT2D eigenvalue weighted by Crippen LogP contribution is 2.30. The van der Waals surface area contributed by atoms with E-state index in [4.69, 9.17) is 4.74 Å². The van der Waals surface area contributed by atoms with Crippen LogP contribution in [0, 0.1) is 0 Å². The summed E-state index contributed by atoms with van der Waals surface area (Å²) in [6, 6.07) is 13.2. The van der Waals surface area contributed by atoms with Gasteiger partial charge in [-0.3, -0.25) is 19.4 Å². The van der Waals surface area contributed by atoms with E-state index >= 15 is 0 Å². The van der Waals surface area contributed by atoms with Crippen molar-refractivity contribution in [2.75, 3.05) is 51.8 Å². The zero-order chi connectivity index (χ0) is 25.4. The van der Waals surface area contributed by atoms with Crippen LogP contribution in [0.2, 0.25) is 0 Å². The number of hydrogen-bond donors (Lipinski definition) is 2. The summed E-state index contributed by atoms with van der Waals surface area (Å²) in [7, 11) is 3.27. The Kier molecular flexibility index (Phi) is 9.22. The van der Waals surface area contributed by atoms with Gasteiger partial charge in [0.25, 0.3) is 5.91 Å². The van der Waals surface area contributed by atoms with E-state index in [9.17, 15) is 14.4 Å². The summed E-state index contributed by atoms with van der Waals surface area (Å²) in [5, 5.41) is 9.62. The van der Waals surface area contributed by atoms with Gasteiger partial charge in [-0.15, -0.1) is 0 Å². The molecule has 0 spiro atoms. The highest BCUT2D eigenvalue weighted by Gasteiger charge is 2.27. The molecule has 0 saturated heterocycles. The Balaban J connectivity index is 1.79. The molecule has 1 aliphatic heterocycles. The number of methoxy groups -OCH3 is 1. The first kappa shape index (κ1) is 26.2. The largest absolute Gasteiger partial charge is 0.495 e. The van der Waals surface area contributed by atoms with Gasteiger partial charge in [-0.2, -0.15) is 0 Å². The minimum absolute atomic E-state index is 0.0519. The number of benzene rings is 2. The first-order valence-corrected chi connectivity index (χ1v) is 11.8. The van der Waals surface area contributed by atoms with Crippen molar-refractivity contribution in [2.45, 2.75) is 26.9 Å². The standard InChI is InChI=1S/C26H35N5O4/c1-5-27-12-13-28-25(33)17-30(23-14-20(19(2)32)10-11-24(23)35-4)18-26(34)29(3)31-15-21-8-6-7-9-22(21)16-31/h6-11,14,27H,5,12-13,15-18H2,1-4H3,(H,28,33). The fraction of sp³-hybridized carbons (Fsp3) is 0.423. The van der Waals surface area contributed by atoms with E-state index in [0.717, 1.165) is 6.54 Å². The monoisotopic (exact) mass is 481 g/mol. The molecule has 9 nitrogen and oxygen atoms in total. The lowest BCUT2D eigenvalue weighted by Gasteiger charge is -2.32. The summed E-state index contributed by atoms with van der Waals surface area (Å²) in [6.07, 6.45) is 0. The average Bonchev–Trinajstić information content (AvgIpc) is 3.29. The number of nitrogens with one attached hydrogen (secondary N) is 2. The smallest absolute Gasteiger partial charge is 0.256 e. The Morgan fingerprint density at radius 2 is 1.71 bits per heavy atom. The van der Waals surface area contributed by atoms with Gasteiger partial charge < -0.3 is 20.3 Å². The van der Waals surface area contributed by atoms with Crippen molar-refractivity contribution < 1.29 is 19.1 Å². The number of fused-ring (bicyclic) bond motifs is 1. The quantitative estimate of drug-likeness (QED) is 0.353. The topological polar surface area (TPSA) is 94.2 Å². The van der Waals surface area contributed by atoms with Crippen LogP contribution in [0.3, 0.4) is 0 Å². The first-order chi connectivity index (χ1) is 16.8. The Labute approximate surface area is 207 Å². The van der Waals surface area contributed by atoms with Crippen LogP contribution in [0.15, 0.2) is 42.5 Å². The third kappa shape index (κ3) is 6.80. The molecule has 9 heteroatoms. The molecule has 35 heavy (non-hydrogen) atoms. The maximum atomic E-state index is 13.4. The molecular weight excluding hydrogens is 446 g/mol. The van der Waals surface area contributed by atoms with Gasteiger partial charge in [0, 0.05) is 38.8 Å². The number of anilines is 1. The summed E-state index contributed by atoms with van der Waals surface area (Å²) in [5.74, 6) is -0.0162. The Morgan fingerprint density at radius 3 is 2.31 bits per heavy atom. The Hall–Kier alpha value is -3.43. The lowest BCUT2D eigenvalue weighted by molar-refractivity contribution is -0.145. The molecule has 2 aromatic carbocycles. The summed E-state index contributed by atoms with van der Waals surface area (Å²) in [4.78, 5) is 39.8. The van der Waals surface area contributed by atoms with Crippen molar-refractivity contribution in [1.82, 2.24) is 20.7 Å². The predicted molar refractivity (Wildman–Crippen MR) is 135 cm³/mol. The number of ketones is 1. The second-order valence-corrected chi connectivity index (χ2v) is 8.51. The summed E-state index contributed by atoms with van der Waals surface area (Å²) in [5.41, 5.74) is 3.39. The van der Waals surface area contributed by atoms with Gasteiger partial charge in [-0.1, -0.05) is 31.2 Å². The fourth-order valence-corrected chi connectivity index (χ4v) is 4.03. The van der Waals surface area contributed by atoms with Gasteiger partial charge in [0.05, 0.1) is 25.9 Å². The maximum Gasteiger partial charge on any atom is 0.256 e. The van der Waals surface area contributed by atoms with Gasteiger partial charge in [-0.05, 0) is 42.8 Å². The molecule has 2 amide bonds. The Morgan fingerprint density at radius 1 is 1.03 bits per heavy atom. The molecule has 0 unspecified atom stereocenters. The summed E-state index contributed by atoms with van der Waals surface area (Å²) in [6.45, 7) is 6.61. The third-order valence-electron chi connectivity index (χ3n) is 6.07. The fourth-order valence-electron chi connectivity index (χ4n) is 4.03. The van der Waals surface area contributed by atoms with E-state index in [1.807, 2.05) is 24.1 Å². The van der Waals surface area contributed by atoms with Crippen LogP contribution in [0.5, 0.6) is 5.75 Å². The number of carbonyl (C=O) groups is 3. The van der Waals surface area contributed by atoms with E-state index in [1.54, 1.807) is 35.2 Å². The van der Waals surface area contributed by atoms with Crippen LogP contribution >= 0.6 is 0 Å². The van der Waals surface area contributed by atoms with Crippen LogP contribution < -0.4 is 20.3 Å². The zero-order valence-corrected chi connectivity index (χ0v) is 21.0. The molecule has 0 saturated carbocycles. The number of amides is 2. The third-order valence-corrected chi connectivity index (χ3v) is 6.07. The maximum absolute atomic E-state index is 13.4. The highest BCUT2D eigenvalue weighted by molar-refractivity contribution is 5.96. The molecule has 0 fully saturated rings. The molecule has 188 valence electrons. The van der Waals surface area contributed by atoms with E-state index in [1.165, 1.54) is 25.2 Å². The van der Waals surface area contributed by atoms with Crippen molar-refractivity contribution in [3.8, 4) is 5.75 Å². The number of nitrogens with zero attached hydrogens (tertiary/aromatic N) is 3. The minimum atomic E-state index is -0.220. The SMILES string of the molecule is CCNCCNC(=O)CN(CC(=O)N(C)N1Cc2ccccc2C1)c1cc(C(C)=O)ccc1OC. The van der Waals surface area contributed by atoms with Crippen molar-refractivity contribution in [3.63, 3.8) is 0 Å². The van der Waals surface area contributed by atoms with Crippen LogP contribution in [-0.2, 0) is 22.7 Å². The lowest BCUT2D eigenvalue weighted by Crippen LogP contribution is -2.48. The molecule has 1 aliphatic rings. The first-order valence-electron chi connectivity index (χ1n) is 11.8. The van der Waals surface area contributed by atoms with Crippen LogP contribution in [0.4, 0.5) is 5.69 Å². The second kappa shape index (κ2) is 12.3. The van der Waals surface area contributed by atoms with Crippen LogP contribution in [0.1, 0.15) is 35.3 Å². The normalized spacial score (nSPS) is 12.7. The molecule has 0 aliphatic carbocycles. The zero-order valence-electron chi connectivity index (χ0n) is 21.0. The predicted octanol–water partition coefficient (Wildman–Crippen LogP) is 1.82. The van der Waals surface area contributed by atoms with Crippen molar-refractivity contribution in [1.29, 1.82) is 0 Å². The summed E-state index contributed by atoms with van der Waals surface area (Å²) >= 11 is 0. The molecule has 2 aromatic rings. The Bertz CT molecular complexity index is 1030. The van der Waals surface area contributed by atoms with Gasteiger partial charge >= 0.3 is 0 Å². The van der Waals surface area contributed by atoms with E-state index < -0.39 is 0 Å². The van der Waals surface area contributed by atoms with Gasteiger partial charge in [0.2, 0.25) is 5.91 Å². The summed E-state index contributed by atoms with van der Waals surface area (Å²) < 4.78 is 5.51. The molecule has 2 N–H and O–H groups in total. The molecular formula is C26H35N5O4. The number of ether oxygens (including phenoxy) is 1. The van der Waals surface area contributed by atoms with Gasteiger partial charge in [0.1, 0.15) is 5.75 Å². The van der Waals surface area contributed by atoms with E-state index in [-0.39, 0.29) is 30.7 Å². The van der Waals surface area contributed by atoms with Crippen molar-refractivity contribution in [2.24, 2.45) is 0 Å². The number of rotatable bonds is 12. The molecule has 3 rings (SSSR count). The van der Waals surface area contributed by atoms with Crippen LogP contribution in [-0.4, -0.2) is 74.5 Å². The van der Waals surface area contributed by atoms with Crippen LogP contribution in [0.25, 0.3) is 0 Å². The van der Waals surface area contributed by atoms with Gasteiger partial charge in [0.15, 0.2) is 5.78 Å². The number of Topliss-reactive ketones (excluding diaryl/α,β-unsaturated/α-hetero) is 1. The number of hydrogen-bond acceptors (Lipinski definition) is 7.